The van der Waals surface area contributed by atoms with Gasteiger partial charge in [0.1, 0.15) is 11.3 Å². The van der Waals surface area contributed by atoms with Gasteiger partial charge in [-0.3, -0.25) is 0 Å². The summed E-state index contributed by atoms with van der Waals surface area (Å²) in [6, 6.07) is 5.02. The van der Waals surface area contributed by atoms with Crippen LogP contribution in [0.1, 0.15) is 5.69 Å². The highest BCUT2D eigenvalue weighted by atomic mass is 79.9. The molecule has 2 N–H and O–H groups in total. The van der Waals surface area contributed by atoms with E-state index in [0.717, 1.165) is 5.69 Å². The quantitative estimate of drug-likeness (QED) is 0.821. The Morgan fingerprint density at radius 1 is 1.47 bits per heavy atom. The zero-order valence-electron chi connectivity index (χ0n) is 7.96. The number of halogens is 2. The third-order valence-electron chi connectivity index (χ3n) is 1.58. The van der Waals surface area contributed by atoms with E-state index < -0.39 is 12.7 Å². The predicted octanol–water partition coefficient (Wildman–Crippen LogP) is 1.61. The third kappa shape index (κ3) is 4.73. The van der Waals surface area contributed by atoms with Gasteiger partial charge in [0.2, 0.25) is 0 Å². The number of urea groups is 1. The molecular formula is C9H11BrFN3O. The minimum atomic E-state index is -0.567. The van der Waals surface area contributed by atoms with Crippen LogP contribution in [0.3, 0.4) is 0 Å². The van der Waals surface area contributed by atoms with Crippen LogP contribution in [0.5, 0.6) is 0 Å². The van der Waals surface area contributed by atoms with Crippen molar-refractivity contribution in [2.45, 2.75) is 6.54 Å². The van der Waals surface area contributed by atoms with Crippen LogP contribution in [0.4, 0.5) is 9.18 Å². The fraction of sp³-hybridized carbons (Fsp3) is 0.333. The number of amides is 2. The molecule has 0 aliphatic rings. The summed E-state index contributed by atoms with van der Waals surface area (Å²) in [5.74, 6) is 0. The van der Waals surface area contributed by atoms with Crippen LogP contribution in [-0.4, -0.2) is 24.2 Å². The smallest absolute Gasteiger partial charge is 0.315 e. The third-order valence-corrected chi connectivity index (χ3v) is 2.02. The second-order valence-corrected chi connectivity index (χ2v) is 3.56. The van der Waals surface area contributed by atoms with E-state index in [1.807, 2.05) is 6.07 Å². The topological polar surface area (TPSA) is 54.0 Å². The zero-order valence-corrected chi connectivity index (χ0v) is 9.55. The van der Waals surface area contributed by atoms with Crippen molar-refractivity contribution in [2.24, 2.45) is 0 Å². The number of pyridine rings is 1. The summed E-state index contributed by atoms with van der Waals surface area (Å²) in [5.41, 5.74) is 0.736. The van der Waals surface area contributed by atoms with Gasteiger partial charge in [-0.2, -0.15) is 0 Å². The number of hydrogen-bond acceptors (Lipinski definition) is 2. The largest absolute Gasteiger partial charge is 0.336 e. The van der Waals surface area contributed by atoms with Gasteiger partial charge < -0.3 is 10.6 Å². The molecule has 0 atom stereocenters. The van der Waals surface area contributed by atoms with Crippen LogP contribution >= 0.6 is 15.9 Å². The minimum absolute atomic E-state index is 0.0255. The van der Waals surface area contributed by atoms with Crippen LogP contribution in [0.25, 0.3) is 0 Å². The number of nitrogens with zero attached hydrogens (tertiary/aromatic N) is 1. The first-order chi connectivity index (χ1) is 7.22. The molecule has 0 spiro atoms. The van der Waals surface area contributed by atoms with Gasteiger partial charge in [0.25, 0.3) is 0 Å². The summed E-state index contributed by atoms with van der Waals surface area (Å²) in [6.07, 6.45) is 0. The number of carbonyl (C=O) groups is 1. The summed E-state index contributed by atoms with van der Waals surface area (Å²) >= 11 is 3.22. The lowest BCUT2D eigenvalue weighted by Crippen LogP contribution is -2.36. The molecule has 1 aromatic heterocycles. The maximum atomic E-state index is 11.7. The normalized spacial score (nSPS) is 9.73. The highest BCUT2D eigenvalue weighted by Crippen LogP contribution is 2.05. The van der Waals surface area contributed by atoms with Gasteiger partial charge in [0.05, 0.1) is 12.2 Å². The van der Waals surface area contributed by atoms with Crippen LogP contribution in [-0.2, 0) is 6.54 Å². The Morgan fingerprint density at radius 3 is 2.93 bits per heavy atom. The lowest BCUT2D eigenvalue weighted by atomic mass is 10.3. The standard InChI is InChI=1S/C9H11BrFN3O/c10-8-3-1-2-7(14-8)6-13-9(15)12-5-4-11/h1-3H,4-6H2,(H2,12,13,15). The molecule has 6 heteroatoms. The Bertz CT molecular complexity index is 335. The van der Waals surface area contributed by atoms with Gasteiger partial charge in [-0.05, 0) is 28.1 Å². The van der Waals surface area contributed by atoms with E-state index in [-0.39, 0.29) is 6.54 Å². The molecular weight excluding hydrogens is 265 g/mol. The summed E-state index contributed by atoms with van der Waals surface area (Å²) < 4.78 is 12.4. The molecule has 0 unspecified atom stereocenters. The van der Waals surface area contributed by atoms with Crippen molar-refractivity contribution >= 4 is 22.0 Å². The molecule has 2 amide bonds. The van der Waals surface area contributed by atoms with E-state index in [1.54, 1.807) is 12.1 Å². The van der Waals surface area contributed by atoms with Crippen LogP contribution in [0.15, 0.2) is 22.8 Å². The Kier molecular flexibility index (Phi) is 5.03. The number of alkyl halides is 1. The Morgan fingerprint density at radius 2 is 2.27 bits per heavy atom. The van der Waals surface area contributed by atoms with E-state index in [4.69, 9.17) is 0 Å². The van der Waals surface area contributed by atoms with E-state index in [1.165, 1.54) is 0 Å². The van der Waals surface area contributed by atoms with Gasteiger partial charge in [-0.1, -0.05) is 6.07 Å². The highest BCUT2D eigenvalue weighted by molar-refractivity contribution is 9.10. The lowest BCUT2D eigenvalue weighted by molar-refractivity contribution is 0.239. The molecule has 82 valence electrons. The second-order valence-electron chi connectivity index (χ2n) is 2.75. The minimum Gasteiger partial charge on any atom is -0.336 e. The average molecular weight is 276 g/mol. The van der Waals surface area contributed by atoms with Crippen molar-refractivity contribution in [3.8, 4) is 0 Å². The van der Waals surface area contributed by atoms with Crippen molar-refractivity contribution < 1.29 is 9.18 Å². The predicted molar refractivity (Wildman–Crippen MR) is 58.2 cm³/mol. The van der Waals surface area contributed by atoms with Gasteiger partial charge in [-0.25, -0.2) is 14.2 Å². The number of hydrogen-bond donors (Lipinski definition) is 2. The first-order valence-corrected chi connectivity index (χ1v) is 5.21. The molecule has 0 aliphatic carbocycles. The maximum Gasteiger partial charge on any atom is 0.315 e. The number of aromatic nitrogens is 1. The van der Waals surface area contributed by atoms with Gasteiger partial charge in [0, 0.05) is 6.54 Å². The molecule has 0 fully saturated rings. The summed E-state index contributed by atoms with van der Waals surface area (Å²) in [6.45, 7) is -0.224. The number of rotatable bonds is 4. The molecule has 1 heterocycles. The molecule has 1 aromatic rings. The molecule has 0 saturated heterocycles. The van der Waals surface area contributed by atoms with Gasteiger partial charge in [0.15, 0.2) is 0 Å². The molecule has 0 aromatic carbocycles. The molecule has 0 radical (unpaired) electrons. The monoisotopic (exact) mass is 275 g/mol. The second kappa shape index (κ2) is 6.34. The van der Waals surface area contributed by atoms with Crippen molar-refractivity contribution in [2.75, 3.05) is 13.2 Å². The SMILES string of the molecule is O=C(NCCF)NCc1cccc(Br)n1. The van der Waals surface area contributed by atoms with Crippen LogP contribution in [0, 0.1) is 0 Å². The molecule has 0 saturated carbocycles. The van der Waals surface area contributed by atoms with Crippen LogP contribution in [0.2, 0.25) is 0 Å². The van der Waals surface area contributed by atoms with Crippen molar-refractivity contribution in [1.29, 1.82) is 0 Å². The highest BCUT2D eigenvalue weighted by Gasteiger charge is 2.00. The van der Waals surface area contributed by atoms with E-state index in [2.05, 4.69) is 31.5 Å². The van der Waals surface area contributed by atoms with E-state index in [9.17, 15) is 9.18 Å². The Balaban J connectivity index is 2.33. The summed E-state index contributed by atoms with van der Waals surface area (Å²) in [5, 5.41) is 4.91. The summed E-state index contributed by atoms with van der Waals surface area (Å²) in [4.78, 5) is 15.2. The van der Waals surface area contributed by atoms with E-state index >= 15 is 0 Å². The first kappa shape index (κ1) is 11.9. The molecule has 15 heavy (non-hydrogen) atoms. The first-order valence-electron chi connectivity index (χ1n) is 4.41. The van der Waals surface area contributed by atoms with Crippen molar-refractivity contribution in [3.63, 3.8) is 0 Å². The lowest BCUT2D eigenvalue weighted by Gasteiger charge is -2.05. The Hall–Kier alpha value is -1.17. The molecule has 0 bridgehead atoms. The van der Waals surface area contributed by atoms with Gasteiger partial charge >= 0.3 is 6.03 Å². The molecule has 4 nitrogen and oxygen atoms in total. The zero-order chi connectivity index (χ0) is 11.1. The Labute approximate surface area is 95.4 Å². The maximum absolute atomic E-state index is 11.7. The fourth-order valence-electron chi connectivity index (χ4n) is 0.943. The van der Waals surface area contributed by atoms with Crippen molar-refractivity contribution in [1.82, 2.24) is 15.6 Å². The molecule has 1 rings (SSSR count). The fourth-order valence-corrected chi connectivity index (χ4v) is 1.32. The number of carbonyl (C=O) groups excluding carboxylic acids is 1. The van der Waals surface area contributed by atoms with Gasteiger partial charge in [-0.15, -0.1) is 0 Å². The van der Waals surface area contributed by atoms with Crippen molar-refractivity contribution in [3.05, 3.63) is 28.5 Å². The summed E-state index contributed by atoms with van der Waals surface area (Å²) in [7, 11) is 0. The van der Waals surface area contributed by atoms with E-state index in [0.29, 0.717) is 11.1 Å². The van der Waals surface area contributed by atoms with Crippen LogP contribution < -0.4 is 10.6 Å². The number of nitrogens with one attached hydrogen (secondary N) is 2. The molecule has 0 aliphatic heterocycles. The average Bonchev–Trinajstić information content (AvgIpc) is 2.23.